The summed E-state index contributed by atoms with van der Waals surface area (Å²) in [6, 6.07) is 7.06. The molecule has 0 saturated heterocycles. The number of Topliss-reactive ketones (excluding diaryl/α,β-unsaturated/α-hetero) is 1. The van der Waals surface area contributed by atoms with E-state index in [-0.39, 0.29) is 54.3 Å². The van der Waals surface area contributed by atoms with Crippen molar-refractivity contribution in [1.29, 1.82) is 0 Å². The minimum Gasteiger partial charge on any atom is -0.438 e. The Labute approximate surface area is 262 Å². The number of carbonyl (C=O) groups excluding carboxylic acids is 3. The number of fused-ring (bicyclic) bond motifs is 1. The topological polar surface area (TPSA) is 120 Å². The second-order valence-electron chi connectivity index (χ2n) is 11.0. The van der Waals surface area contributed by atoms with Gasteiger partial charge in [-0.3, -0.25) is 19.0 Å². The van der Waals surface area contributed by atoms with Crippen LogP contribution in [0.15, 0.2) is 65.9 Å². The molecular weight excluding hydrogens is 605 g/mol. The Kier molecular flexibility index (Phi) is 10.7. The second kappa shape index (κ2) is 14.7. The van der Waals surface area contributed by atoms with E-state index in [0.29, 0.717) is 5.52 Å². The summed E-state index contributed by atoms with van der Waals surface area (Å²) >= 11 is 0. The van der Waals surface area contributed by atoms with Crippen molar-refractivity contribution in [3.8, 4) is 0 Å². The SMILES string of the molecule is CN(C)C(=O)/C=C/CC[C@H](OC(=O)N(C)C)C(=O)Cc1cncn(Cc2nc3cc(F)ccc3n2Cc2ccc(F)cc2F)c1=O. The number of imidazole rings is 1. The van der Waals surface area contributed by atoms with Crippen LogP contribution in [0.4, 0.5) is 18.0 Å². The quantitative estimate of drug-likeness (QED) is 0.217. The lowest BCUT2D eigenvalue weighted by atomic mass is 10.0. The average molecular weight is 639 g/mol. The second-order valence-corrected chi connectivity index (χ2v) is 11.0. The van der Waals surface area contributed by atoms with E-state index in [1.54, 1.807) is 24.7 Å². The van der Waals surface area contributed by atoms with Gasteiger partial charge in [0.05, 0.1) is 30.5 Å². The van der Waals surface area contributed by atoms with Crippen molar-refractivity contribution in [2.75, 3.05) is 28.2 Å². The molecule has 4 rings (SSSR count). The van der Waals surface area contributed by atoms with Gasteiger partial charge in [-0.1, -0.05) is 12.1 Å². The molecule has 11 nitrogen and oxygen atoms in total. The maximum absolute atomic E-state index is 14.6. The van der Waals surface area contributed by atoms with Crippen LogP contribution in [0.25, 0.3) is 11.0 Å². The molecule has 0 bridgehead atoms. The van der Waals surface area contributed by atoms with Crippen molar-refractivity contribution in [2.45, 2.75) is 38.5 Å². The third kappa shape index (κ3) is 8.25. The Morgan fingerprint density at radius 3 is 2.37 bits per heavy atom. The maximum Gasteiger partial charge on any atom is 0.409 e. The van der Waals surface area contributed by atoms with Gasteiger partial charge in [-0.25, -0.2) is 27.9 Å². The van der Waals surface area contributed by atoms with Crippen molar-refractivity contribution in [3.05, 3.63) is 106 Å². The van der Waals surface area contributed by atoms with Crippen molar-refractivity contribution in [1.82, 2.24) is 28.9 Å². The fourth-order valence-electron chi connectivity index (χ4n) is 4.55. The summed E-state index contributed by atoms with van der Waals surface area (Å²) < 4.78 is 50.3. The van der Waals surface area contributed by atoms with E-state index < -0.39 is 47.4 Å². The summed E-state index contributed by atoms with van der Waals surface area (Å²) in [6.07, 6.45) is 3.37. The lowest BCUT2D eigenvalue weighted by Crippen LogP contribution is -2.35. The number of ketones is 1. The molecule has 0 aliphatic heterocycles. The number of halogens is 3. The van der Waals surface area contributed by atoms with Crippen molar-refractivity contribution < 1.29 is 32.3 Å². The first-order valence-electron chi connectivity index (χ1n) is 14.2. The molecule has 2 aromatic heterocycles. The molecular formula is C32H33F3N6O5. The highest BCUT2D eigenvalue weighted by Crippen LogP contribution is 2.21. The number of amides is 2. The lowest BCUT2D eigenvalue weighted by Gasteiger charge is -2.19. The van der Waals surface area contributed by atoms with Crippen molar-refractivity contribution in [3.63, 3.8) is 0 Å². The Bertz CT molecular complexity index is 1850. The van der Waals surface area contributed by atoms with E-state index in [2.05, 4.69) is 9.97 Å². The van der Waals surface area contributed by atoms with Crippen molar-refractivity contribution in [2.24, 2.45) is 0 Å². The summed E-state index contributed by atoms with van der Waals surface area (Å²) in [5.41, 5.74) is 0.316. The predicted molar refractivity (Wildman–Crippen MR) is 162 cm³/mol. The zero-order valence-corrected chi connectivity index (χ0v) is 25.7. The van der Waals surface area contributed by atoms with E-state index in [1.807, 2.05) is 0 Å². The number of ether oxygens (including phenoxy) is 1. The van der Waals surface area contributed by atoms with Gasteiger partial charge >= 0.3 is 6.09 Å². The minimum atomic E-state index is -1.20. The fraction of sp³-hybridized carbons (Fsp3) is 0.312. The number of carbonyl (C=O) groups is 3. The van der Waals surface area contributed by atoms with Gasteiger partial charge in [-0.15, -0.1) is 0 Å². The Morgan fingerprint density at radius 2 is 1.67 bits per heavy atom. The zero-order valence-electron chi connectivity index (χ0n) is 25.7. The molecule has 242 valence electrons. The normalized spacial score (nSPS) is 12.0. The van der Waals surface area contributed by atoms with Crippen LogP contribution in [-0.2, 0) is 33.8 Å². The number of rotatable bonds is 12. The summed E-state index contributed by atoms with van der Waals surface area (Å²) in [5.74, 6) is -2.59. The first kappa shape index (κ1) is 33.6. The molecule has 0 fully saturated rings. The molecule has 0 radical (unpaired) electrons. The molecule has 2 amide bonds. The van der Waals surface area contributed by atoms with Crippen LogP contribution in [0.1, 0.15) is 29.8 Å². The van der Waals surface area contributed by atoms with Crippen LogP contribution in [0.5, 0.6) is 0 Å². The van der Waals surface area contributed by atoms with Gasteiger partial charge in [0.2, 0.25) is 5.91 Å². The number of benzene rings is 2. The zero-order chi connectivity index (χ0) is 33.5. The molecule has 2 aromatic carbocycles. The molecule has 46 heavy (non-hydrogen) atoms. The molecule has 0 N–H and O–H groups in total. The van der Waals surface area contributed by atoms with E-state index in [0.717, 1.165) is 12.1 Å². The van der Waals surface area contributed by atoms with Crippen molar-refractivity contribution >= 4 is 28.8 Å². The average Bonchev–Trinajstić information content (AvgIpc) is 3.32. The van der Waals surface area contributed by atoms with Gasteiger partial charge in [0.1, 0.15) is 23.3 Å². The first-order chi connectivity index (χ1) is 21.8. The maximum atomic E-state index is 14.6. The van der Waals surface area contributed by atoms with E-state index in [4.69, 9.17) is 4.74 Å². The molecule has 4 aromatic rings. The number of hydrogen-bond donors (Lipinski definition) is 0. The highest BCUT2D eigenvalue weighted by Gasteiger charge is 2.25. The van der Waals surface area contributed by atoms with Crippen LogP contribution in [-0.4, -0.2) is 81.0 Å². The monoisotopic (exact) mass is 638 g/mol. The number of allylic oxidation sites excluding steroid dienone is 1. The molecule has 0 unspecified atom stereocenters. The third-order valence-electron chi connectivity index (χ3n) is 7.05. The van der Waals surface area contributed by atoms with Gasteiger partial charge < -0.3 is 19.1 Å². The summed E-state index contributed by atoms with van der Waals surface area (Å²) in [4.78, 5) is 62.0. The molecule has 1 atom stereocenters. The number of hydrogen-bond acceptors (Lipinski definition) is 7. The predicted octanol–water partition coefficient (Wildman–Crippen LogP) is 3.71. The fourth-order valence-corrected chi connectivity index (χ4v) is 4.55. The van der Waals surface area contributed by atoms with E-state index in [1.165, 1.54) is 71.3 Å². The number of aromatic nitrogens is 4. The molecule has 0 spiro atoms. The summed E-state index contributed by atoms with van der Waals surface area (Å²) in [5, 5.41) is 0. The molecule has 2 heterocycles. The van der Waals surface area contributed by atoms with Crippen LogP contribution in [0, 0.1) is 17.5 Å². The van der Waals surface area contributed by atoms with Gasteiger partial charge in [0.25, 0.3) is 5.56 Å². The summed E-state index contributed by atoms with van der Waals surface area (Å²) in [6.45, 7) is -0.256. The lowest BCUT2D eigenvalue weighted by molar-refractivity contribution is -0.127. The van der Waals surface area contributed by atoms with Gasteiger partial charge in [0.15, 0.2) is 11.9 Å². The highest BCUT2D eigenvalue weighted by molar-refractivity contribution is 5.88. The Balaban J connectivity index is 1.60. The largest absolute Gasteiger partial charge is 0.438 e. The van der Waals surface area contributed by atoms with Gasteiger partial charge in [-0.05, 0) is 37.1 Å². The van der Waals surface area contributed by atoms with Gasteiger partial charge in [0, 0.05) is 64.1 Å². The number of likely N-dealkylation sites (N-methyl/N-ethyl adjacent to an activating group) is 1. The standard InChI is InChI=1S/C32H33F3N6O5/c1-38(2)30(43)8-6-5-7-28(46-32(45)39(3)4)27(42)13-21-16-36-19-40(31(21)44)18-29-37-25-15-23(34)11-12-26(25)41(29)17-20-9-10-22(33)14-24(20)35/h6,8-12,14-16,19,28H,5,7,13,17-18H2,1-4H3/b8-6+/t28-/m0/s1. The highest BCUT2D eigenvalue weighted by atomic mass is 19.1. The van der Waals surface area contributed by atoms with E-state index >= 15 is 0 Å². The first-order valence-corrected chi connectivity index (χ1v) is 14.2. The van der Waals surface area contributed by atoms with Crippen LogP contribution >= 0.6 is 0 Å². The molecule has 0 saturated carbocycles. The van der Waals surface area contributed by atoms with Crippen LogP contribution in [0.3, 0.4) is 0 Å². The molecule has 14 heteroatoms. The summed E-state index contributed by atoms with van der Waals surface area (Å²) in [7, 11) is 6.12. The van der Waals surface area contributed by atoms with Crippen LogP contribution in [0.2, 0.25) is 0 Å². The Morgan fingerprint density at radius 1 is 0.957 bits per heavy atom. The van der Waals surface area contributed by atoms with E-state index in [9.17, 15) is 32.3 Å². The molecule has 0 aliphatic carbocycles. The van der Waals surface area contributed by atoms with Crippen LogP contribution < -0.4 is 5.56 Å². The smallest absolute Gasteiger partial charge is 0.409 e. The Hall–Kier alpha value is -5.27. The minimum absolute atomic E-state index is 0.0232. The number of nitrogens with zero attached hydrogens (tertiary/aromatic N) is 6. The third-order valence-corrected chi connectivity index (χ3v) is 7.05. The van der Waals surface area contributed by atoms with Gasteiger partial charge in [-0.2, -0.15) is 0 Å². The molecule has 0 aliphatic rings.